The zero-order valence-electron chi connectivity index (χ0n) is 7.90. The van der Waals surface area contributed by atoms with E-state index >= 15 is 0 Å². The Hall–Kier alpha value is -0.258. The van der Waals surface area contributed by atoms with Gasteiger partial charge in [0.1, 0.15) is 0 Å². The molecule has 2 N–H and O–H groups in total. The minimum absolute atomic E-state index is 0.406. The molecule has 0 spiro atoms. The van der Waals surface area contributed by atoms with Gasteiger partial charge in [-0.25, -0.2) is 0 Å². The van der Waals surface area contributed by atoms with E-state index < -0.39 is 26.2 Å². The van der Waals surface area contributed by atoms with Gasteiger partial charge >= 0.3 is 110 Å². The number of hydrogen-bond donors (Lipinski definition) is 1. The minimum atomic E-state index is -0.937. The van der Waals surface area contributed by atoms with Crippen LogP contribution in [0, 0.1) is 0 Å². The Labute approximate surface area is 109 Å². The topological polar surface area (TPSA) is 77.6 Å². The first-order valence-electron chi connectivity index (χ1n) is 3.92. The van der Waals surface area contributed by atoms with Gasteiger partial charge in [-0.1, -0.05) is 0 Å². The number of nitrogens with zero attached hydrogens (tertiary/aromatic N) is 2. The van der Waals surface area contributed by atoms with E-state index in [1.54, 1.807) is 12.1 Å². The maximum atomic E-state index is 11.1. The van der Waals surface area contributed by atoms with E-state index in [9.17, 15) is 4.79 Å². The van der Waals surface area contributed by atoms with Crippen molar-refractivity contribution in [2.24, 2.45) is 8.54 Å². The van der Waals surface area contributed by atoms with Crippen LogP contribution in [0.2, 0.25) is 0 Å². The van der Waals surface area contributed by atoms with Crippen molar-refractivity contribution < 1.29 is 9.53 Å². The Kier molecular flexibility index (Phi) is 5.42. The third-order valence-corrected chi connectivity index (χ3v) is 4.99. The number of nitrogens with two attached hydrogens (primary N) is 1. The third-order valence-electron chi connectivity index (χ3n) is 1.61. The number of aromatic nitrogens is 1. The average Bonchev–Trinajstić information content (AvgIpc) is 2.28. The SMILES string of the molecule is COC(=O)c1ccc(/C(N)=[N]/[Pb][I])nc1. The van der Waals surface area contributed by atoms with Crippen LogP contribution in [-0.4, -0.2) is 44.1 Å². The summed E-state index contributed by atoms with van der Waals surface area (Å²) in [6.45, 7) is 0. The molecule has 0 bridgehead atoms. The molecule has 0 saturated heterocycles. The van der Waals surface area contributed by atoms with E-state index in [0.717, 1.165) is 0 Å². The molecular formula is C8H8IN3O2Pb. The molecule has 0 unspecified atom stereocenters. The van der Waals surface area contributed by atoms with E-state index in [1.165, 1.54) is 13.3 Å². The fraction of sp³-hybridized carbons (Fsp3) is 0.125. The molecule has 0 fully saturated rings. The van der Waals surface area contributed by atoms with Gasteiger partial charge in [0, 0.05) is 0 Å². The summed E-state index contributed by atoms with van der Waals surface area (Å²) in [7, 11) is 1.33. The van der Waals surface area contributed by atoms with Crippen molar-refractivity contribution in [3.8, 4) is 0 Å². The monoisotopic (exact) mass is 513 g/mol. The maximum absolute atomic E-state index is 11.1. The predicted octanol–water partition coefficient (Wildman–Crippen LogP) is 0.543. The molecular weight excluding hydrogens is 504 g/mol. The van der Waals surface area contributed by atoms with E-state index in [0.29, 0.717) is 17.1 Å². The molecule has 0 amide bonds. The molecule has 7 heteroatoms. The first-order valence-corrected chi connectivity index (χ1v) is 16.6. The van der Waals surface area contributed by atoms with Crippen molar-refractivity contribution in [1.29, 1.82) is 0 Å². The van der Waals surface area contributed by atoms with Gasteiger partial charge in [-0.05, 0) is 0 Å². The molecule has 15 heavy (non-hydrogen) atoms. The van der Waals surface area contributed by atoms with Gasteiger partial charge in [0.25, 0.3) is 0 Å². The Morgan fingerprint density at radius 2 is 2.40 bits per heavy atom. The van der Waals surface area contributed by atoms with Gasteiger partial charge in [-0.3, -0.25) is 0 Å². The van der Waals surface area contributed by atoms with E-state index in [1.807, 2.05) is 0 Å². The first kappa shape index (κ1) is 12.8. The van der Waals surface area contributed by atoms with Crippen molar-refractivity contribution >= 4 is 49.8 Å². The standard InChI is InChI=1S/C8H8N3O2.HI.Pb/c1-13-8(12)5-2-3-6(7(9)10)11-4-5;;/h2-4H,1H3,(H2-,9,10);1H;/q-1;;+2/p-1. The van der Waals surface area contributed by atoms with Crippen LogP contribution in [0.1, 0.15) is 16.1 Å². The van der Waals surface area contributed by atoms with Crippen LogP contribution in [0.4, 0.5) is 0 Å². The number of rotatable bonds is 3. The summed E-state index contributed by atoms with van der Waals surface area (Å²) in [6.07, 6.45) is 1.44. The Balaban J connectivity index is 2.90. The van der Waals surface area contributed by atoms with Gasteiger partial charge in [-0.2, -0.15) is 0 Å². The number of ether oxygens (including phenoxy) is 1. The van der Waals surface area contributed by atoms with E-state index in [4.69, 9.17) is 5.73 Å². The predicted molar refractivity (Wildman–Crippen MR) is 66.1 cm³/mol. The molecule has 0 aromatic carbocycles. The second-order valence-corrected chi connectivity index (χ2v) is 8.26. The van der Waals surface area contributed by atoms with Gasteiger partial charge in [-0.15, -0.1) is 0 Å². The van der Waals surface area contributed by atoms with Crippen LogP contribution in [0.3, 0.4) is 0 Å². The molecule has 1 aromatic heterocycles. The zero-order valence-corrected chi connectivity index (χ0v) is 13.9. The molecule has 0 saturated carbocycles. The molecule has 0 aliphatic carbocycles. The number of hydrogen-bond acceptors (Lipinski definition) is 4. The number of carbonyl (C=O) groups excluding carboxylic acids is 1. The van der Waals surface area contributed by atoms with Crippen molar-refractivity contribution in [3.05, 3.63) is 29.6 Å². The van der Waals surface area contributed by atoms with Crippen molar-refractivity contribution in [1.82, 2.24) is 4.98 Å². The van der Waals surface area contributed by atoms with Crippen LogP contribution >= 0.6 is 17.8 Å². The average molecular weight is 512 g/mol. The molecule has 78 valence electrons. The van der Waals surface area contributed by atoms with Crippen molar-refractivity contribution in [2.75, 3.05) is 7.11 Å². The Bertz CT molecular complexity index is 380. The number of pyridine rings is 1. The second kappa shape index (κ2) is 6.35. The number of amidine groups is 1. The molecule has 1 heterocycles. The first-order chi connectivity index (χ1) is 7.19. The Morgan fingerprint density at radius 1 is 1.67 bits per heavy atom. The fourth-order valence-electron chi connectivity index (χ4n) is 0.887. The van der Waals surface area contributed by atoms with Crippen LogP contribution < -0.4 is 5.73 Å². The normalized spacial score (nSPS) is 11.2. The van der Waals surface area contributed by atoms with Gasteiger partial charge in [0.15, 0.2) is 0 Å². The van der Waals surface area contributed by atoms with E-state index in [-0.39, 0.29) is 0 Å². The third kappa shape index (κ3) is 3.66. The summed E-state index contributed by atoms with van der Waals surface area (Å²) in [5, 5.41) is 0. The van der Waals surface area contributed by atoms with Gasteiger partial charge in [0.05, 0.1) is 0 Å². The van der Waals surface area contributed by atoms with Crippen molar-refractivity contribution in [3.63, 3.8) is 0 Å². The quantitative estimate of drug-likeness (QED) is 0.211. The molecule has 0 aliphatic rings. The van der Waals surface area contributed by atoms with Crippen LogP contribution in [-0.2, 0) is 4.74 Å². The molecule has 0 atom stereocenters. The van der Waals surface area contributed by atoms with Crippen molar-refractivity contribution in [2.45, 2.75) is 0 Å². The summed E-state index contributed by atoms with van der Waals surface area (Å²) in [6, 6.07) is 3.29. The molecule has 5 nitrogen and oxygen atoms in total. The zero-order chi connectivity index (χ0) is 11.3. The summed E-state index contributed by atoms with van der Waals surface area (Å²) in [5.74, 6) is 0.0423. The molecule has 1 aromatic rings. The number of esters is 1. The van der Waals surface area contributed by atoms with Gasteiger partial charge < -0.3 is 0 Å². The summed E-state index contributed by atoms with van der Waals surface area (Å²) in [5.41, 5.74) is 6.69. The summed E-state index contributed by atoms with van der Waals surface area (Å²) < 4.78 is 8.74. The number of halogens is 1. The summed E-state index contributed by atoms with van der Waals surface area (Å²) >= 11 is 1.34. The second-order valence-electron chi connectivity index (χ2n) is 2.51. The molecule has 0 aliphatic heterocycles. The van der Waals surface area contributed by atoms with Crippen LogP contribution in [0.15, 0.2) is 21.1 Å². The Morgan fingerprint density at radius 3 is 2.87 bits per heavy atom. The van der Waals surface area contributed by atoms with E-state index in [2.05, 4.69) is 30.3 Å². The number of carbonyl (C=O) groups is 1. The molecule has 2 radical (unpaired) electrons. The van der Waals surface area contributed by atoms with Crippen LogP contribution in [0.25, 0.3) is 0 Å². The number of methoxy groups -OCH3 is 1. The fourth-order valence-corrected chi connectivity index (χ4v) is 3.97. The van der Waals surface area contributed by atoms with Crippen LogP contribution in [0.5, 0.6) is 0 Å². The molecule has 1 rings (SSSR count). The summed E-state index contributed by atoms with van der Waals surface area (Å²) in [4.78, 5) is 15.1. The van der Waals surface area contributed by atoms with Gasteiger partial charge in [0.2, 0.25) is 0 Å².